The van der Waals surface area contributed by atoms with Gasteiger partial charge in [0.15, 0.2) is 5.76 Å². The van der Waals surface area contributed by atoms with E-state index in [4.69, 9.17) is 8.83 Å². The number of hydrogen-bond donors (Lipinski definition) is 0. The van der Waals surface area contributed by atoms with Crippen LogP contribution in [-0.4, -0.2) is 10.2 Å². The van der Waals surface area contributed by atoms with Crippen molar-refractivity contribution in [2.24, 2.45) is 0 Å². The molecule has 3 heterocycles. The first-order chi connectivity index (χ1) is 9.33. The van der Waals surface area contributed by atoms with Gasteiger partial charge in [-0.3, -0.25) is 0 Å². The van der Waals surface area contributed by atoms with Crippen molar-refractivity contribution < 1.29 is 8.83 Å². The van der Waals surface area contributed by atoms with Crippen molar-refractivity contribution in [3.8, 4) is 11.7 Å². The molecule has 19 heavy (non-hydrogen) atoms. The predicted octanol–water partition coefficient (Wildman–Crippen LogP) is 4.39. The molecule has 0 bridgehead atoms. The molecule has 0 aromatic carbocycles. The van der Waals surface area contributed by atoms with Crippen LogP contribution in [0.3, 0.4) is 0 Å². The quantitative estimate of drug-likeness (QED) is 0.698. The Labute approximate surface area is 118 Å². The van der Waals surface area contributed by atoms with Crippen LogP contribution in [0.1, 0.15) is 22.9 Å². The van der Waals surface area contributed by atoms with Crippen LogP contribution in [0.4, 0.5) is 0 Å². The van der Waals surface area contributed by atoms with Gasteiger partial charge >= 0.3 is 0 Å². The molecular formula is C13H12N2O2S2. The number of thioether (sulfide) groups is 1. The first kappa shape index (κ1) is 12.5. The normalized spacial score (nSPS) is 12.7. The lowest BCUT2D eigenvalue weighted by Gasteiger charge is -2.06. The maximum atomic E-state index is 5.56. The average molecular weight is 292 g/mol. The summed E-state index contributed by atoms with van der Waals surface area (Å²) in [5.74, 6) is 2.37. The van der Waals surface area contributed by atoms with E-state index in [-0.39, 0.29) is 0 Å². The molecular weight excluding hydrogens is 280 g/mol. The maximum Gasteiger partial charge on any atom is 0.283 e. The highest BCUT2D eigenvalue weighted by Gasteiger charge is 2.13. The number of aromatic nitrogens is 2. The Balaban J connectivity index is 1.62. The van der Waals surface area contributed by atoms with Gasteiger partial charge in [-0.05, 0) is 30.5 Å². The monoisotopic (exact) mass is 292 g/mol. The molecule has 4 nitrogen and oxygen atoms in total. The highest BCUT2D eigenvalue weighted by molar-refractivity contribution is 7.98. The van der Waals surface area contributed by atoms with E-state index in [1.54, 1.807) is 41.5 Å². The zero-order valence-electron chi connectivity index (χ0n) is 10.3. The second kappa shape index (κ2) is 5.63. The Kier molecular flexibility index (Phi) is 3.70. The number of nitrogens with zero attached hydrogens (tertiary/aromatic N) is 2. The van der Waals surface area contributed by atoms with E-state index < -0.39 is 0 Å². The number of thiophene rings is 1. The molecule has 0 N–H and O–H groups in total. The SMILES string of the molecule is C[C@H](SCc1nnc(-c2ccco2)o1)c1cccs1. The summed E-state index contributed by atoms with van der Waals surface area (Å²) in [5.41, 5.74) is 0. The molecule has 3 aromatic rings. The molecule has 0 aliphatic rings. The molecule has 0 amide bonds. The van der Waals surface area contributed by atoms with Gasteiger partial charge < -0.3 is 8.83 Å². The molecule has 3 rings (SSSR count). The Morgan fingerprint density at radius 3 is 3.00 bits per heavy atom. The van der Waals surface area contributed by atoms with Gasteiger partial charge in [0.1, 0.15) is 0 Å². The minimum Gasteiger partial charge on any atom is -0.459 e. The summed E-state index contributed by atoms with van der Waals surface area (Å²) in [7, 11) is 0. The number of furan rings is 1. The summed E-state index contributed by atoms with van der Waals surface area (Å²) in [6.07, 6.45) is 1.59. The van der Waals surface area contributed by atoms with E-state index in [1.165, 1.54) is 4.88 Å². The fraction of sp³-hybridized carbons (Fsp3) is 0.231. The van der Waals surface area contributed by atoms with Crippen LogP contribution in [-0.2, 0) is 5.75 Å². The lowest BCUT2D eigenvalue weighted by Crippen LogP contribution is -1.86. The minimum atomic E-state index is 0.430. The summed E-state index contributed by atoms with van der Waals surface area (Å²) in [5, 5.41) is 10.5. The smallest absolute Gasteiger partial charge is 0.283 e. The minimum absolute atomic E-state index is 0.430. The molecule has 0 aliphatic heterocycles. The van der Waals surface area contributed by atoms with Crippen LogP contribution in [0, 0.1) is 0 Å². The molecule has 0 saturated heterocycles. The van der Waals surface area contributed by atoms with Crippen LogP contribution in [0.15, 0.2) is 44.7 Å². The van der Waals surface area contributed by atoms with E-state index in [1.807, 2.05) is 0 Å². The number of hydrogen-bond acceptors (Lipinski definition) is 6. The molecule has 98 valence electrons. The Morgan fingerprint density at radius 1 is 1.32 bits per heavy atom. The van der Waals surface area contributed by atoms with Crippen molar-refractivity contribution in [2.75, 3.05) is 0 Å². The third-order valence-electron chi connectivity index (χ3n) is 2.60. The van der Waals surface area contributed by atoms with Crippen LogP contribution >= 0.6 is 23.1 Å². The molecule has 3 aromatic heterocycles. The van der Waals surface area contributed by atoms with Crippen molar-refractivity contribution in [3.05, 3.63) is 46.7 Å². The van der Waals surface area contributed by atoms with Gasteiger partial charge in [-0.2, -0.15) is 0 Å². The summed E-state index contributed by atoms with van der Waals surface area (Å²) in [6, 6.07) is 7.81. The van der Waals surface area contributed by atoms with Crippen LogP contribution in [0.2, 0.25) is 0 Å². The molecule has 0 aliphatic carbocycles. The van der Waals surface area contributed by atoms with E-state index in [9.17, 15) is 0 Å². The summed E-state index contributed by atoms with van der Waals surface area (Å²) >= 11 is 3.55. The van der Waals surface area contributed by atoms with Gasteiger partial charge in [0, 0.05) is 10.1 Å². The first-order valence-corrected chi connectivity index (χ1v) is 7.77. The lowest BCUT2D eigenvalue weighted by molar-refractivity contribution is 0.494. The molecule has 6 heteroatoms. The maximum absolute atomic E-state index is 5.56. The molecule has 0 radical (unpaired) electrons. The van der Waals surface area contributed by atoms with Crippen molar-refractivity contribution in [1.29, 1.82) is 0 Å². The standard InChI is InChI=1S/C13H12N2O2S2/c1-9(11-5-3-7-18-11)19-8-12-14-15-13(17-12)10-4-2-6-16-10/h2-7,9H,8H2,1H3/t9-/m0/s1. The fourth-order valence-electron chi connectivity index (χ4n) is 1.61. The zero-order valence-corrected chi connectivity index (χ0v) is 11.9. The third-order valence-corrected chi connectivity index (χ3v) is 4.97. The highest BCUT2D eigenvalue weighted by atomic mass is 32.2. The van der Waals surface area contributed by atoms with Gasteiger partial charge in [0.05, 0.1) is 12.0 Å². The Morgan fingerprint density at radius 2 is 2.26 bits per heavy atom. The largest absolute Gasteiger partial charge is 0.459 e. The zero-order chi connectivity index (χ0) is 13.1. The second-order valence-corrected chi connectivity index (χ2v) is 6.26. The van der Waals surface area contributed by atoms with E-state index in [2.05, 4.69) is 34.6 Å². The predicted molar refractivity (Wildman–Crippen MR) is 76.0 cm³/mol. The molecule has 0 fully saturated rings. The molecule has 0 saturated carbocycles. The van der Waals surface area contributed by atoms with Crippen molar-refractivity contribution in [1.82, 2.24) is 10.2 Å². The van der Waals surface area contributed by atoms with E-state index in [0.29, 0.717) is 28.5 Å². The summed E-state index contributed by atoms with van der Waals surface area (Å²) in [6.45, 7) is 2.18. The first-order valence-electron chi connectivity index (χ1n) is 5.84. The highest BCUT2D eigenvalue weighted by Crippen LogP contribution is 2.33. The summed E-state index contributed by atoms with van der Waals surface area (Å²) in [4.78, 5) is 1.36. The molecule has 0 spiro atoms. The fourth-order valence-corrected chi connectivity index (χ4v) is 3.40. The molecule has 1 atom stereocenters. The summed E-state index contributed by atoms with van der Waals surface area (Å²) < 4.78 is 10.8. The lowest BCUT2D eigenvalue weighted by atomic mass is 10.4. The van der Waals surface area contributed by atoms with E-state index in [0.717, 1.165) is 0 Å². The number of rotatable bonds is 5. The van der Waals surface area contributed by atoms with Gasteiger partial charge in [-0.1, -0.05) is 6.07 Å². The van der Waals surface area contributed by atoms with Gasteiger partial charge in [-0.15, -0.1) is 33.3 Å². The van der Waals surface area contributed by atoms with Crippen molar-refractivity contribution in [3.63, 3.8) is 0 Å². The second-order valence-electron chi connectivity index (χ2n) is 3.95. The Bertz CT molecular complexity index is 617. The van der Waals surface area contributed by atoms with Crippen LogP contribution < -0.4 is 0 Å². The molecule has 0 unspecified atom stereocenters. The van der Waals surface area contributed by atoms with Crippen LogP contribution in [0.25, 0.3) is 11.7 Å². The van der Waals surface area contributed by atoms with Gasteiger partial charge in [0.2, 0.25) is 5.89 Å². The van der Waals surface area contributed by atoms with E-state index >= 15 is 0 Å². The van der Waals surface area contributed by atoms with Gasteiger partial charge in [-0.25, -0.2) is 0 Å². The van der Waals surface area contributed by atoms with Gasteiger partial charge in [0.25, 0.3) is 5.89 Å². The van der Waals surface area contributed by atoms with Crippen LogP contribution in [0.5, 0.6) is 0 Å². The third kappa shape index (κ3) is 2.90. The topological polar surface area (TPSA) is 52.1 Å². The average Bonchev–Trinajstić information content (AvgIpc) is 3.14. The Hall–Kier alpha value is -1.53. The van der Waals surface area contributed by atoms with Crippen molar-refractivity contribution >= 4 is 23.1 Å². The van der Waals surface area contributed by atoms with Crippen molar-refractivity contribution in [2.45, 2.75) is 17.9 Å².